The maximum atomic E-state index is 13.8. The number of nitrogens with zero attached hydrogens (tertiary/aromatic N) is 1. The fourth-order valence-electron chi connectivity index (χ4n) is 2.22. The zero-order chi connectivity index (χ0) is 13.1. The molecule has 0 spiro atoms. The first-order chi connectivity index (χ1) is 8.63. The van der Waals surface area contributed by atoms with E-state index in [1.165, 1.54) is 12.1 Å². The SMILES string of the molecule is FC[C@H](c1c(F)cc(Br)cc1F)N1CCNCC1. The van der Waals surface area contributed by atoms with Gasteiger partial charge in [0.15, 0.2) is 0 Å². The van der Waals surface area contributed by atoms with Crippen molar-refractivity contribution in [3.05, 3.63) is 33.8 Å². The summed E-state index contributed by atoms with van der Waals surface area (Å²) in [6.45, 7) is 1.79. The van der Waals surface area contributed by atoms with Gasteiger partial charge in [-0.3, -0.25) is 4.90 Å². The summed E-state index contributed by atoms with van der Waals surface area (Å²) in [5.41, 5.74) is -0.178. The van der Waals surface area contributed by atoms with Crippen LogP contribution in [0.2, 0.25) is 0 Å². The molecule has 1 aliphatic rings. The maximum absolute atomic E-state index is 13.8. The molecule has 1 aromatic rings. The van der Waals surface area contributed by atoms with E-state index >= 15 is 0 Å². The molecule has 0 radical (unpaired) electrons. The molecule has 2 nitrogen and oxygen atoms in total. The van der Waals surface area contributed by atoms with Crippen LogP contribution in [0.1, 0.15) is 11.6 Å². The van der Waals surface area contributed by atoms with Crippen molar-refractivity contribution in [2.45, 2.75) is 6.04 Å². The summed E-state index contributed by atoms with van der Waals surface area (Å²) in [4.78, 5) is 1.77. The molecule has 1 fully saturated rings. The fourth-order valence-corrected chi connectivity index (χ4v) is 2.62. The van der Waals surface area contributed by atoms with Crippen LogP contribution in [0.5, 0.6) is 0 Å². The second-order valence-corrected chi connectivity index (χ2v) is 5.15. The average molecular weight is 323 g/mol. The molecule has 0 aliphatic carbocycles. The number of hydrogen-bond acceptors (Lipinski definition) is 2. The van der Waals surface area contributed by atoms with Crippen LogP contribution in [0.4, 0.5) is 13.2 Å². The summed E-state index contributed by atoms with van der Waals surface area (Å²) in [7, 11) is 0. The zero-order valence-corrected chi connectivity index (χ0v) is 11.3. The molecule has 0 bridgehead atoms. The van der Waals surface area contributed by atoms with E-state index in [2.05, 4.69) is 21.2 Å². The standard InChI is InChI=1S/C12H14BrF3N2/c13-8-5-9(15)12(10(16)6-8)11(7-14)18-3-1-17-2-4-18/h5-6,11,17H,1-4,7H2/t11-/m1/s1. The average Bonchev–Trinajstić information content (AvgIpc) is 2.34. The van der Waals surface area contributed by atoms with Crippen LogP contribution < -0.4 is 5.32 Å². The number of rotatable bonds is 3. The van der Waals surface area contributed by atoms with E-state index in [9.17, 15) is 13.2 Å². The third-order valence-corrected chi connectivity index (χ3v) is 3.57. The van der Waals surface area contributed by atoms with Crippen LogP contribution >= 0.6 is 15.9 Å². The highest BCUT2D eigenvalue weighted by molar-refractivity contribution is 9.10. The van der Waals surface area contributed by atoms with E-state index in [0.717, 1.165) is 0 Å². The van der Waals surface area contributed by atoms with Gasteiger partial charge in [-0.1, -0.05) is 15.9 Å². The number of benzene rings is 1. The van der Waals surface area contributed by atoms with Crippen molar-refractivity contribution in [2.75, 3.05) is 32.9 Å². The molecule has 6 heteroatoms. The molecule has 0 amide bonds. The minimum atomic E-state index is -0.847. The molecule has 0 unspecified atom stereocenters. The summed E-state index contributed by atoms with van der Waals surface area (Å²) >= 11 is 3.02. The summed E-state index contributed by atoms with van der Waals surface area (Å²) in [5.74, 6) is -1.41. The van der Waals surface area contributed by atoms with Crippen LogP contribution in [-0.4, -0.2) is 37.8 Å². The summed E-state index contributed by atoms with van der Waals surface area (Å²) in [6, 6.07) is 1.49. The third-order valence-electron chi connectivity index (χ3n) is 3.12. The van der Waals surface area contributed by atoms with Gasteiger partial charge in [0.05, 0.1) is 6.04 Å². The Labute approximate surface area is 112 Å². The molecule has 1 aliphatic heterocycles. The van der Waals surface area contributed by atoms with Crippen molar-refractivity contribution in [1.29, 1.82) is 0 Å². The lowest BCUT2D eigenvalue weighted by Crippen LogP contribution is -2.46. The zero-order valence-electron chi connectivity index (χ0n) is 9.73. The Morgan fingerprint density at radius 2 is 1.78 bits per heavy atom. The highest BCUT2D eigenvalue weighted by atomic mass is 79.9. The molecule has 1 heterocycles. The van der Waals surface area contributed by atoms with E-state index in [4.69, 9.17) is 0 Å². The van der Waals surface area contributed by atoms with Gasteiger partial charge in [0.2, 0.25) is 0 Å². The molecular formula is C12H14BrF3N2. The van der Waals surface area contributed by atoms with Crippen molar-refractivity contribution < 1.29 is 13.2 Å². The van der Waals surface area contributed by atoms with E-state index in [0.29, 0.717) is 30.7 Å². The third kappa shape index (κ3) is 2.87. The first kappa shape index (κ1) is 13.8. The van der Waals surface area contributed by atoms with Gasteiger partial charge < -0.3 is 5.32 Å². The molecule has 1 saturated heterocycles. The van der Waals surface area contributed by atoms with Crippen molar-refractivity contribution in [3.8, 4) is 0 Å². The molecule has 0 aromatic heterocycles. The largest absolute Gasteiger partial charge is 0.314 e. The normalized spacial score (nSPS) is 18.9. The van der Waals surface area contributed by atoms with Crippen LogP contribution in [0, 0.1) is 11.6 Å². The lowest BCUT2D eigenvalue weighted by Gasteiger charge is -2.33. The molecule has 1 aromatic carbocycles. The molecule has 1 atom stereocenters. The van der Waals surface area contributed by atoms with E-state index in [-0.39, 0.29) is 5.56 Å². The summed E-state index contributed by atoms with van der Waals surface area (Å²) in [6.07, 6.45) is 0. The van der Waals surface area contributed by atoms with Crippen molar-refractivity contribution in [2.24, 2.45) is 0 Å². The summed E-state index contributed by atoms with van der Waals surface area (Å²) in [5, 5.41) is 3.12. The smallest absolute Gasteiger partial charge is 0.132 e. The van der Waals surface area contributed by atoms with Gasteiger partial charge in [-0.05, 0) is 12.1 Å². The van der Waals surface area contributed by atoms with Gasteiger partial charge in [0.25, 0.3) is 0 Å². The Bertz CT molecular complexity index is 399. The number of piperazine rings is 1. The lowest BCUT2D eigenvalue weighted by atomic mass is 10.0. The van der Waals surface area contributed by atoms with E-state index < -0.39 is 24.4 Å². The molecule has 18 heavy (non-hydrogen) atoms. The van der Waals surface area contributed by atoms with Gasteiger partial charge in [0.1, 0.15) is 18.3 Å². The van der Waals surface area contributed by atoms with Gasteiger partial charge in [0, 0.05) is 36.2 Å². The lowest BCUT2D eigenvalue weighted by molar-refractivity contribution is 0.141. The second-order valence-electron chi connectivity index (χ2n) is 4.24. The second kappa shape index (κ2) is 6.04. The molecule has 0 saturated carbocycles. The Hall–Kier alpha value is -0.590. The van der Waals surface area contributed by atoms with Crippen molar-refractivity contribution >= 4 is 15.9 Å². The van der Waals surface area contributed by atoms with Crippen LogP contribution in [0.3, 0.4) is 0 Å². The first-order valence-electron chi connectivity index (χ1n) is 5.78. The monoisotopic (exact) mass is 322 g/mol. The Morgan fingerprint density at radius 1 is 1.22 bits per heavy atom. The number of halogens is 4. The topological polar surface area (TPSA) is 15.3 Å². The maximum Gasteiger partial charge on any atom is 0.132 e. The predicted octanol–water partition coefficient (Wildman–Crippen LogP) is 2.64. The van der Waals surface area contributed by atoms with E-state index in [1.807, 2.05) is 0 Å². The Kier molecular flexibility index (Phi) is 4.64. The number of hydrogen-bond donors (Lipinski definition) is 1. The van der Waals surface area contributed by atoms with Crippen LogP contribution in [0.15, 0.2) is 16.6 Å². The van der Waals surface area contributed by atoms with Gasteiger partial charge in [-0.25, -0.2) is 13.2 Å². The van der Waals surface area contributed by atoms with Crippen molar-refractivity contribution in [3.63, 3.8) is 0 Å². The molecular weight excluding hydrogens is 309 g/mol. The van der Waals surface area contributed by atoms with Crippen LogP contribution in [0.25, 0.3) is 0 Å². The molecule has 2 rings (SSSR count). The first-order valence-corrected chi connectivity index (χ1v) is 6.58. The number of nitrogens with one attached hydrogen (secondary N) is 1. The highest BCUT2D eigenvalue weighted by Gasteiger charge is 2.27. The predicted molar refractivity (Wildman–Crippen MR) is 67.2 cm³/mol. The fraction of sp³-hybridized carbons (Fsp3) is 0.500. The van der Waals surface area contributed by atoms with Gasteiger partial charge >= 0.3 is 0 Å². The highest BCUT2D eigenvalue weighted by Crippen LogP contribution is 2.29. The van der Waals surface area contributed by atoms with Gasteiger partial charge in [-0.15, -0.1) is 0 Å². The van der Waals surface area contributed by atoms with Gasteiger partial charge in [-0.2, -0.15) is 0 Å². The van der Waals surface area contributed by atoms with Crippen molar-refractivity contribution in [1.82, 2.24) is 10.2 Å². The quantitative estimate of drug-likeness (QED) is 0.920. The minimum Gasteiger partial charge on any atom is -0.314 e. The Balaban J connectivity index is 2.32. The summed E-state index contributed by atoms with van der Waals surface area (Å²) < 4.78 is 41.1. The van der Waals surface area contributed by atoms with Crippen LogP contribution in [-0.2, 0) is 0 Å². The van der Waals surface area contributed by atoms with E-state index in [1.54, 1.807) is 4.90 Å². The molecule has 100 valence electrons. The number of alkyl halides is 1. The Morgan fingerprint density at radius 3 is 2.28 bits per heavy atom. The molecule has 1 N–H and O–H groups in total. The minimum absolute atomic E-state index is 0.178.